The molecule has 0 amide bonds. The van der Waals surface area contributed by atoms with Gasteiger partial charge in [0.25, 0.3) is 0 Å². The summed E-state index contributed by atoms with van der Waals surface area (Å²) in [4.78, 5) is 7.80. The number of aromatic nitrogens is 2. The molecule has 3 rings (SSSR count). The zero-order valence-corrected chi connectivity index (χ0v) is 9.76. The lowest BCUT2D eigenvalue weighted by molar-refractivity contribution is 0.117. The number of aliphatic hydroxyl groups is 1. The molecule has 2 aromatic rings. The van der Waals surface area contributed by atoms with Crippen molar-refractivity contribution >= 4 is 11.3 Å². The van der Waals surface area contributed by atoms with Crippen molar-refractivity contribution in [3.63, 3.8) is 0 Å². The molecule has 1 saturated carbocycles. The van der Waals surface area contributed by atoms with E-state index in [4.69, 9.17) is 0 Å². The van der Waals surface area contributed by atoms with E-state index in [0.29, 0.717) is 0 Å². The topological polar surface area (TPSA) is 48.9 Å². The predicted molar refractivity (Wildman–Crippen MR) is 64.5 cm³/mol. The Hall–Kier alpha value is -1.13. The number of aromatic amines is 1. The maximum atomic E-state index is 9.49. The van der Waals surface area contributed by atoms with Gasteiger partial charge in [-0.05, 0) is 25.0 Å². The highest BCUT2D eigenvalue weighted by Crippen LogP contribution is 2.44. The Bertz CT molecular complexity index is 465. The Kier molecular flexibility index (Phi) is 2.33. The average Bonchev–Trinajstić information content (AvgIpc) is 2.86. The fraction of sp³-hybridized carbons (Fsp3) is 0.417. The second-order valence-corrected chi connectivity index (χ2v) is 5.27. The molecule has 0 aliphatic heterocycles. The highest BCUT2D eigenvalue weighted by Gasteiger charge is 2.40. The van der Waals surface area contributed by atoms with E-state index < -0.39 is 0 Å². The van der Waals surface area contributed by atoms with Crippen LogP contribution in [0.15, 0.2) is 23.7 Å². The van der Waals surface area contributed by atoms with E-state index in [9.17, 15) is 5.11 Å². The predicted octanol–water partition coefficient (Wildman–Crippen LogP) is 2.55. The number of aliphatic hydroxyl groups excluding tert-OH is 1. The molecule has 0 spiro atoms. The SMILES string of the molecule is OCC1(c2csc(-c3ccc[nH]3)n2)CCC1. The zero-order chi connectivity index (χ0) is 11.0. The maximum Gasteiger partial charge on any atom is 0.139 e. The quantitative estimate of drug-likeness (QED) is 0.857. The van der Waals surface area contributed by atoms with Crippen molar-refractivity contribution in [2.75, 3.05) is 6.61 Å². The lowest BCUT2D eigenvalue weighted by Crippen LogP contribution is -2.38. The molecule has 4 heteroatoms. The van der Waals surface area contributed by atoms with Gasteiger partial charge < -0.3 is 10.1 Å². The Labute approximate surface area is 98.2 Å². The monoisotopic (exact) mass is 234 g/mol. The summed E-state index contributed by atoms with van der Waals surface area (Å²) in [6.07, 6.45) is 5.24. The molecular formula is C12H14N2OS. The molecule has 1 aliphatic carbocycles. The van der Waals surface area contributed by atoms with Gasteiger partial charge in [-0.3, -0.25) is 0 Å². The molecule has 2 N–H and O–H groups in total. The van der Waals surface area contributed by atoms with Gasteiger partial charge in [-0.2, -0.15) is 0 Å². The normalized spacial score (nSPS) is 18.3. The van der Waals surface area contributed by atoms with Crippen LogP contribution in [0.1, 0.15) is 25.0 Å². The van der Waals surface area contributed by atoms with Crippen molar-refractivity contribution in [2.24, 2.45) is 0 Å². The molecule has 0 radical (unpaired) electrons. The summed E-state index contributed by atoms with van der Waals surface area (Å²) < 4.78 is 0. The maximum absolute atomic E-state index is 9.49. The third kappa shape index (κ3) is 1.41. The minimum atomic E-state index is -0.0403. The van der Waals surface area contributed by atoms with Gasteiger partial charge in [0.1, 0.15) is 5.01 Å². The van der Waals surface area contributed by atoms with Gasteiger partial charge in [-0.25, -0.2) is 4.98 Å². The average molecular weight is 234 g/mol. The number of hydrogen-bond acceptors (Lipinski definition) is 3. The summed E-state index contributed by atoms with van der Waals surface area (Å²) >= 11 is 1.65. The van der Waals surface area contributed by atoms with Gasteiger partial charge in [0, 0.05) is 17.0 Å². The van der Waals surface area contributed by atoms with E-state index in [1.165, 1.54) is 6.42 Å². The number of hydrogen-bond donors (Lipinski definition) is 2. The van der Waals surface area contributed by atoms with Crippen LogP contribution in [-0.4, -0.2) is 21.7 Å². The highest BCUT2D eigenvalue weighted by molar-refractivity contribution is 7.13. The number of nitrogens with one attached hydrogen (secondary N) is 1. The van der Waals surface area contributed by atoms with Crippen molar-refractivity contribution in [1.29, 1.82) is 0 Å². The fourth-order valence-corrected chi connectivity index (χ4v) is 3.13. The summed E-state index contributed by atoms with van der Waals surface area (Å²) in [5.41, 5.74) is 2.08. The van der Waals surface area contributed by atoms with Gasteiger partial charge in [0.05, 0.1) is 18.0 Å². The number of thiazole rings is 1. The van der Waals surface area contributed by atoms with Gasteiger partial charge in [-0.1, -0.05) is 6.42 Å². The van der Waals surface area contributed by atoms with E-state index in [2.05, 4.69) is 15.3 Å². The Morgan fingerprint density at radius 2 is 2.38 bits per heavy atom. The molecule has 0 saturated heterocycles. The largest absolute Gasteiger partial charge is 0.395 e. The zero-order valence-electron chi connectivity index (χ0n) is 8.94. The molecule has 1 fully saturated rings. The molecule has 0 unspecified atom stereocenters. The standard InChI is InChI=1S/C12H14N2OS/c15-8-12(4-2-5-12)10-7-16-11(14-10)9-3-1-6-13-9/h1,3,6-7,13,15H,2,4-5,8H2. The highest BCUT2D eigenvalue weighted by atomic mass is 32.1. The van der Waals surface area contributed by atoms with Crippen molar-refractivity contribution < 1.29 is 5.11 Å². The van der Waals surface area contributed by atoms with Crippen molar-refractivity contribution in [3.05, 3.63) is 29.4 Å². The van der Waals surface area contributed by atoms with E-state index in [0.717, 1.165) is 29.2 Å². The van der Waals surface area contributed by atoms with Gasteiger partial charge >= 0.3 is 0 Å². The molecule has 0 atom stereocenters. The first-order chi connectivity index (χ1) is 7.84. The molecule has 16 heavy (non-hydrogen) atoms. The van der Waals surface area contributed by atoms with E-state index in [1.807, 2.05) is 18.3 Å². The second-order valence-electron chi connectivity index (χ2n) is 4.41. The molecule has 84 valence electrons. The van der Waals surface area contributed by atoms with Gasteiger partial charge in [0.15, 0.2) is 0 Å². The molecule has 2 aromatic heterocycles. The second kappa shape index (κ2) is 3.71. The lowest BCUT2D eigenvalue weighted by atomic mass is 9.67. The first kappa shape index (κ1) is 10.1. The van der Waals surface area contributed by atoms with E-state index in [-0.39, 0.29) is 12.0 Å². The Balaban J connectivity index is 1.93. The van der Waals surface area contributed by atoms with Gasteiger partial charge in [-0.15, -0.1) is 11.3 Å². The van der Waals surface area contributed by atoms with Gasteiger partial charge in [0.2, 0.25) is 0 Å². The molecule has 2 heterocycles. The minimum Gasteiger partial charge on any atom is -0.395 e. The molecule has 1 aliphatic rings. The first-order valence-electron chi connectivity index (χ1n) is 5.55. The van der Waals surface area contributed by atoms with E-state index >= 15 is 0 Å². The van der Waals surface area contributed by atoms with Crippen molar-refractivity contribution in [2.45, 2.75) is 24.7 Å². The lowest BCUT2D eigenvalue weighted by Gasteiger charge is -2.38. The smallest absolute Gasteiger partial charge is 0.139 e. The van der Waals surface area contributed by atoms with Crippen LogP contribution >= 0.6 is 11.3 Å². The summed E-state index contributed by atoms with van der Waals surface area (Å²) in [6.45, 7) is 0.223. The van der Waals surface area contributed by atoms with Crippen molar-refractivity contribution in [3.8, 4) is 10.7 Å². The van der Waals surface area contributed by atoms with Crippen LogP contribution in [0.2, 0.25) is 0 Å². The third-order valence-corrected chi connectivity index (χ3v) is 4.36. The molecule has 0 aromatic carbocycles. The van der Waals surface area contributed by atoms with Crippen LogP contribution in [-0.2, 0) is 5.41 Å². The van der Waals surface area contributed by atoms with Crippen LogP contribution in [0.4, 0.5) is 0 Å². The number of rotatable bonds is 3. The fourth-order valence-electron chi connectivity index (χ4n) is 2.20. The third-order valence-electron chi connectivity index (χ3n) is 3.49. The number of H-pyrrole nitrogens is 1. The van der Waals surface area contributed by atoms with Crippen LogP contribution in [0.3, 0.4) is 0 Å². The number of nitrogens with zero attached hydrogens (tertiary/aromatic N) is 1. The van der Waals surface area contributed by atoms with Crippen LogP contribution in [0.25, 0.3) is 10.7 Å². The molecule has 3 nitrogen and oxygen atoms in total. The Morgan fingerprint density at radius 3 is 2.94 bits per heavy atom. The summed E-state index contributed by atoms with van der Waals surface area (Å²) in [7, 11) is 0. The van der Waals surface area contributed by atoms with Crippen LogP contribution in [0.5, 0.6) is 0 Å². The summed E-state index contributed by atoms with van der Waals surface area (Å²) in [5, 5.41) is 12.6. The molecular weight excluding hydrogens is 220 g/mol. The Morgan fingerprint density at radius 1 is 1.50 bits per heavy atom. The van der Waals surface area contributed by atoms with E-state index in [1.54, 1.807) is 11.3 Å². The molecule has 0 bridgehead atoms. The summed E-state index contributed by atoms with van der Waals surface area (Å²) in [5.74, 6) is 0. The van der Waals surface area contributed by atoms with Crippen LogP contribution < -0.4 is 0 Å². The van der Waals surface area contributed by atoms with Crippen molar-refractivity contribution in [1.82, 2.24) is 9.97 Å². The van der Waals surface area contributed by atoms with Crippen LogP contribution in [0, 0.1) is 0 Å². The first-order valence-corrected chi connectivity index (χ1v) is 6.43. The minimum absolute atomic E-state index is 0.0403. The summed E-state index contributed by atoms with van der Waals surface area (Å²) in [6, 6.07) is 4.00.